The third kappa shape index (κ3) is 1.65. The largest absolute Gasteiger partial charge is 0.321 e. The standard InChI is InChI=1S/C15H9ClFNO2/c16-15(9-5-2-1-3-6-9)13(19)10-7-4-8-11(17)12(10)18-14(15)20/h1-8H,(H,18,20)/t15-/m0/s1. The Bertz CT molecular complexity index is 717. The molecule has 0 radical (unpaired) electrons. The number of hydrogen-bond donors (Lipinski definition) is 1. The summed E-state index contributed by atoms with van der Waals surface area (Å²) >= 11 is 6.30. The summed E-state index contributed by atoms with van der Waals surface area (Å²) in [4.78, 5) is 22.9. The topological polar surface area (TPSA) is 46.2 Å². The van der Waals surface area contributed by atoms with Crippen molar-refractivity contribution in [1.29, 1.82) is 0 Å². The first kappa shape index (κ1) is 12.8. The van der Waals surface area contributed by atoms with Gasteiger partial charge in [-0.25, -0.2) is 4.39 Å². The molecule has 0 saturated carbocycles. The summed E-state index contributed by atoms with van der Waals surface area (Å²) in [5.74, 6) is -2.02. The minimum absolute atomic E-state index is 0.0726. The van der Waals surface area contributed by atoms with E-state index in [9.17, 15) is 14.0 Å². The summed E-state index contributed by atoms with van der Waals surface area (Å²) < 4.78 is 13.7. The van der Waals surface area contributed by atoms with Gasteiger partial charge in [0.05, 0.1) is 5.69 Å². The summed E-state index contributed by atoms with van der Waals surface area (Å²) in [6.07, 6.45) is 0. The Hall–Kier alpha value is -2.20. The van der Waals surface area contributed by atoms with E-state index in [1.807, 2.05) is 0 Å². The quantitative estimate of drug-likeness (QED) is 0.648. The molecule has 1 N–H and O–H groups in total. The normalized spacial score (nSPS) is 21.3. The van der Waals surface area contributed by atoms with Crippen LogP contribution in [0.2, 0.25) is 0 Å². The number of nitrogens with one attached hydrogen (secondary N) is 1. The molecule has 0 unspecified atom stereocenters. The third-order valence-electron chi connectivity index (χ3n) is 3.29. The lowest BCUT2D eigenvalue weighted by molar-refractivity contribution is -0.118. The van der Waals surface area contributed by atoms with Crippen LogP contribution in [0.15, 0.2) is 48.5 Å². The van der Waals surface area contributed by atoms with Crippen molar-refractivity contribution in [3.8, 4) is 0 Å². The zero-order chi connectivity index (χ0) is 14.3. The van der Waals surface area contributed by atoms with Crippen LogP contribution in [0.25, 0.3) is 0 Å². The van der Waals surface area contributed by atoms with Crippen LogP contribution in [-0.2, 0) is 9.67 Å². The number of para-hydroxylation sites is 1. The van der Waals surface area contributed by atoms with Crippen molar-refractivity contribution in [2.24, 2.45) is 0 Å². The molecule has 3 nitrogen and oxygen atoms in total. The second-order valence-electron chi connectivity index (χ2n) is 4.47. The SMILES string of the molecule is O=C1Nc2c(F)cccc2C(=O)[C@@]1(Cl)c1ccccc1. The lowest BCUT2D eigenvalue weighted by Crippen LogP contribution is -2.46. The molecule has 0 spiro atoms. The van der Waals surface area contributed by atoms with Gasteiger partial charge in [0, 0.05) is 5.56 Å². The van der Waals surface area contributed by atoms with E-state index in [1.54, 1.807) is 30.3 Å². The number of halogens is 2. The number of fused-ring (bicyclic) bond motifs is 1. The number of carbonyl (C=O) groups excluding carboxylic acids is 2. The van der Waals surface area contributed by atoms with Crippen molar-refractivity contribution in [3.05, 3.63) is 65.5 Å². The van der Waals surface area contributed by atoms with Crippen LogP contribution >= 0.6 is 11.6 Å². The molecule has 0 aliphatic carbocycles. The fourth-order valence-electron chi connectivity index (χ4n) is 2.26. The van der Waals surface area contributed by atoms with Crippen molar-refractivity contribution in [2.75, 3.05) is 5.32 Å². The molecule has 2 aromatic carbocycles. The molecule has 1 aliphatic rings. The van der Waals surface area contributed by atoms with E-state index >= 15 is 0 Å². The maximum Gasteiger partial charge on any atom is 0.258 e. The molecule has 0 fully saturated rings. The van der Waals surface area contributed by atoms with Gasteiger partial charge in [-0.1, -0.05) is 48.0 Å². The van der Waals surface area contributed by atoms with Gasteiger partial charge in [-0.15, -0.1) is 0 Å². The van der Waals surface area contributed by atoms with Crippen molar-refractivity contribution in [1.82, 2.24) is 0 Å². The lowest BCUT2D eigenvalue weighted by atomic mass is 9.85. The average molecular weight is 290 g/mol. The number of carbonyl (C=O) groups is 2. The second kappa shape index (κ2) is 4.42. The molecule has 0 bridgehead atoms. The molecule has 2 aromatic rings. The zero-order valence-electron chi connectivity index (χ0n) is 10.2. The highest BCUT2D eigenvalue weighted by Crippen LogP contribution is 2.40. The molecule has 3 rings (SSSR count). The van der Waals surface area contributed by atoms with Gasteiger partial charge in [-0.3, -0.25) is 9.59 Å². The molecule has 1 amide bonds. The van der Waals surface area contributed by atoms with E-state index in [2.05, 4.69) is 5.32 Å². The Morgan fingerprint density at radius 3 is 2.40 bits per heavy atom. The molecule has 1 heterocycles. The van der Waals surface area contributed by atoms with Crippen molar-refractivity contribution in [2.45, 2.75) is 4.87 Å². The van der Waals surface area contributed by atoms with Gasteiger partial charge in [0.25, 0.3) is 5.91 Å². The molecule has 5 heteroatoms. The highest BCUT2D eigenvalue weighted by Gasteiger charge is 2.50. The van der Waals surface area contributed by atoms with Crippen LogP contribution in [0, 0.1) is 5.82 Å². The molecular weight excluding hydrogens is 281 g/mol. The number of Topliss-reactive ketones (excluding diaryl/α,β-unsaturated/α-hetero) is 1. The summed E-state index contributed by atoms with van der Waals surface area (Å²) in [5.41, 5.74) is 0.317. The average Bonchev–Trinajstić information content (AvgIpc) is 2.47. The van der Waals surface area contributed by atoms with Crippen LogP contribution < -0.4 is 5.32 Å². The Kier molecular flexibility index (Phi) is 2.83. The predicted octanol–water partition coefficient (Wildman–Crippen LogP) is 3.09. The Morgan fingerprint density at radius 2 is 1.70 bits per heavy atom. The number of benzene rings is 2. The number of amides is 1. The van der Waals surface area contributed by atoms with E-state index in [-0.39, 0.29) is 11.3 Å². The van der Waals surface area contributed by atoms with Crippen molar-refractivity contribution >= 4 is 29.0 Å². The number of alkyl halides is 1. The minimum Gasteiger partial charge on any atom is -0.321 e. The maximum atomic E-state index is 13.7. The van der Waals surface area contributed by atoms with E-state index in [1.165, 1.54) is 18.2 Å². The highest BCUT2D eigenvalue weighted by atomic mass is 35.5. The van der Waals surface area contributed by atoms with E-state index < -0.39 is 22.4 Å². The fourth-order valence-corrected chi connectivity index (χ4v) is 2.53. The molecule has 0 aromatic heterocycles. The van der Waals surface area contributed by atoms with Gasteiger partial charge in [-0.05, 0) is 17.7 Å². The molecule has 1 atom stereocenters. The lowest BCUT2D eigenvalue weighted by Gasteiger charge is -2.30. The highest BCUT2D eigenvalue weighted by molar-refractivity contribution is 6.51. The Morgan fingerprint density at radius 1 is 1.00 bits per heavy atom. The summed E-state index contributed by atoms with van der Waals surface area (Å²) in [6, 6.07) is 12.3. The fraction of sp³-hybridized carbons (Fsp3) is 0.0667. The first-order valence-corrected chi connectivity index (χ1v) is 6.32. The van der Waals surface area contributed by atoms with E-state index in [0.717, 1.165) is 0 Å². The molecule has 20 heavy (non-hydrogen) atoms. The number of anilines is 1. The molecular formula is C15H9ClFNO2. The zero-order valence-corrected chi connectivity index (χ0v) is 10.9. The predicted molar refractivity (Wildman–Crippen MR) is 73.3 cm³/mol. The van der Waals surface area contributed by atoms with Crippen LogP contribution in [0.4, 0.5) is 10.1 Å². The maximum absolute atomic E-state index is 13.7. The van der Waals surface area contributed by atoms with Crippen LogP contribution in [-0.4, -0.2) is 11.7 Å². The number of hydrogen-bond acceptors (Lipinski definition) is 2. The smallest absolute Gasteiger partial charge is 0.258 e. The van der Waals surface area contributed by atoms with E-state index in [4.69, 9.17) is 11.6 Å². The van der Waals surface area contributed by atoms with Gasteiger partial charge in [-0.2, -0.15) is 0 Å². The monoisotopic (exact) mass is 289 g/mol. The third-order valence-corrected chi connectivity index (χ3v) is 3.86. The van der Waals surface area contributed by atoms with Crippen molar-refractivity contribution < 1.29 is 14.0 Å². The van der Waals surface area contributed by atoms with Crippen LogP contribution in [0.3, 0.4) is 0 Å². The minimum atomic E-state index is -1.86. The van der Waals surface area contributed by atoms with Crippen LogP contribution in [0.1, 0.15) is 15.9 Å². The number of rotatable bonds is 1. The van der Waals surface area contributed by atoms with Gasteiger partial charge in [0.2, 0.25) is 4.87 Å². The van der Waals surface area contributed by atoms with Gasteiger partial charge >= 0.3 is 0 Å². The van der Waals surface area contributed by atoms with Gasteiger partial charge < -0.3 is 5.32 Å². The summed E-state index contributed by atoms with van der Waals surface area (Å²) in [7, 11) is 0. The molecule has 0 saturated heterocycles. The summed E-state index contributed by atoms with van der Waals surface area (Å²) in [5, 5.41) is 2.38. The van der Waals surface area contributed by atoms with Gasteiger partial charge in [0.15, 0.2) is 5.78 Å². The molecule has 100 valence electrons. The summed E-state index contributed by atoms with van der Waals surface area (Å²) in [6.45, 7) is 0. The molecule has 1 aliphatic heterocycles. The first-order chi connectivity index (χ1) is 9.55. The second-order valence-corrected chi connectivity index (χ2v) is 5.04. The van der Waals surface area contributed by atoms with E-state index in [0.29, 0.717) is 5.56 Å². The number of ketones is 1. The Balaban J connectivity index is 2.21. The Labute approximate surface area is 119 Å². The van der Waals surface area contributed by atoms with Crippen LogP contribution in [0.5, 0.6) is 0 Å². The van der Waals surface area contributed by atoms with Crippen molar-refractivity contribution in [3.63, 3.8) is 0 Å². The first-order valence-electron chi connectivity index (χ1n) is 5.94. The van der Waals surface area contributed by atoms with Gasteiger partial charge in [0.1, 0.15) is 5.82 Å².